The van der Waals surface area contributed by atoms with Crippen molar-refractivity contribution in [2.75, 3.05) is 0 Å². The van der Waals surface area contributed by atoms with Crippen molar-refractivity contribution in [3.8, 4) is 10.6 Å². The van der Waals surface area contributed by atoms with Gasteiger partial charge >= 0.3 is 0 Å². The number of thiazole rings is 1. The van der Waals surface area contributed by atoms with Gasteiger partial charge in [-0.15, -0.1) is 11.3 Å². The molecule has 114 valence electrons. The molecule has 1 aromatic heterocycles. The van der Waals surface area contributed by atoms with E-state index in [2.05, 4.69) is 82.7 Å². The Morgan fingerprint density at radius 3 is 2.25 bits per heavy atom. The largest absolute Gasteiger partial charge is 0.236 e. The predicted octanol–water partition coefficient (Wildman–Crippen LogP) is 7.03. The molecule has 0 spiro atoms. The van der Waals surface area contributed by atoms with Gasteiger partial charge in [-0.1, -0.05) is 76.6 Å². The van der Waals surface area contributed by atoms with Crippen molar-refractivity contribution in [2.24, 2.45) is 0 Å². The minimum absolute atomic E-state index is 1.06. The molecule has 0 saturated heterocycles. The minimum atomic E-state index is 1.06. The fraction of sp³-hybridized carbons (Fsp3) is 0. The van der Waals surface area contributed by atoms with Gasteiger partial charge < -0.3 is 0 Å². The zero-order valence-electron chi connectivity index (χ0n) is 12.7. The fourth-order valence-corrected chi connectivity index (χ4v) is 4.89. The van der Waals surface area contributed by atoms with Gasteiger partial charge in [-0.2, -0.15) is 0 Å². The van der Waals surface area contributed by atoms with E-state index in [1.165, 1.54) is 31.8 Å². The third kappa shape index (κ3) is 2.09. The van der Waals surface area contributed by atoms with Crippen molar-refractivity contribution in [2.45, 2.75) is 0 Å². The van der Waals surface area contributed by atoms with Crippen LogP contribution in [0.2, 0.25) is 0 Å². The quantitative estimate of drug-likeness (QED) is 0.280. The van der Waals surface area contributed by atoms with Crippen LogP contribution >= 0.6 is 27.3 Å². The van der Waals surface area contributed by atoms with Crippen LogP contribution in [0.15, 0.2) is 77.3 Å². The van der Waals surface area contributed by atoms with Gasteiger partial charge in [-0.25, -0.2) is 4.98 Å². The second-order valence-electron chi connectivity index (χ2n) is 5.80. The number of nitrogens with zero attached hydrogens (tertiary/aromatic N) is 1. The summed E-state index contributed by atoms with van der Waals surface area (Å²) in [6.45, 7) is 0. The van der Waals surface area contributed by atoms with Crippen molar-refractivity contribution >= 4 is 59.0 Å². The summed E-state index contributed by atoms with van der Waals surface area (Å²) >= 11 is 5.50. The number of benzene rings is 4. The summed E-state index contributed by atoms with van der Waals surface area (Å²) in [4.78, 5) is 4.85. The Morgan fingerprint density at radius 1 is 0.708 bits per heavy atom. The van der Waals surface area contributed by atoms with Gasteiger partial charge in [0.1, 0.15) is 5.01 Å². The molecule has 0 bridgehead atoms. The Hall–Kier alpha value is -2.23. The first-order valence-electron chi connectivity index (χ1n) is 7.77. The maximum absolute atomic E-state index is 4.85. The highest BCUT2D eigenvalue weighted by molar-refractivity contribution is 9.10. The van der Waals surface area contributed by atoms with Crippen LogP contribution in [0.1, 0.15) is 0 Å². The van der Waals surface area contributed by atoms with Crippen LogP contribution in [0, 0.1) is 0 Å². The van der Waals surface area contributed by atoms with E-state index in [0.29, 0.717) is 0 Å². The summed E-state index contributed by atoms with van der Waals surface area (Å²) in [5.74, 6) is 0. The van der Waals surface area contributed by atoms with Gasteiger partial charge in [0, 0.05) is 15.4 Å². The summed E-state index contributed by atoms with van der Waals surface area (Å²) in [7, 11) is 0. The smallest absolute Gasteiger partial charge is 0.124 e. The molecule has 0 aliphatic heterocycles. The minimum Gasteiger partial charge on any atom is -0.236 e. The topological polar surface area (TPSA) is 12.9 Å². The van der Waals surface area contributed by atoms with Crippen LogP contribution in [0.5, 0.6) is 0 Å². The second-order valence-corrected chi connectivity index (χ2v) is 7.65. The highest BCUT2D eigenvalue weighted by Gasteiger charge is 2.12. The van der Waals surface area contributed by atoms with Crippen molar-refractivity contribution in [3.05, 3.63) is 77.3 Å². The molecule has 1 heterocycles. The maximum atomic E-state index is 4.85. The lowest BCUT2D eigenvalue weighted by molar-refractivity contribution is 1.48. The van der Waals surface area contributed by atoms with Gasteiger partial charge in [-0.3, -0.25) is 0 Å². The highest BCUT2D eigenvalue weighted by atomic mass is 79.9. The molecule has 1 nitrogen and oxygen atoms in total. The summed E-state index contributed by atoms with van der Waals surface area (Å²) in [6.07, 6.45) is 0. The molecule has 0 atom stereocenters. The van der Waals surface area contributed by atoms with Gasteiger partial charge in [-0.05, 0) is 28.3 Å². The molecule has 0 fully saturated rings. The van der Waals surface area contributed by atoms with Crippen LogP contribution in [0.3, 0.4) is 0 Å². The van der Waals surface area contributed by atoms with Crippen LogP contribution in [0.25, 0.3) is 42.3 Å². The molecule has 5 rings (SSSR count). The van der Waals surface area contributed by atoms with Crippen LogP contribution in [0.4, 0.5) is 0 Å². The predicted molar refractivity (Wildman–Crippen MR) is 108 cm³/mol. The second kappa shape index (κ2) is 5.40. The zero-order valence-corrected chi connectivity index (χ0v) is 15.1. The van der Waals surface area contributed by atoms with Gasteiger partial charge in [0.15, 0.2) is 0 Å². The standard InChI is InChI=1S/C21H12BrNS/c22-18-12-17-15(14-8-4-5-9-16(14)18)10-11-19-20(17)24-21(23-19)13-6-2-1-3-7-13/h1-12H. The lowest BCUT2D eigenvalue weighted by Gasteiger charge is -2.06. The summed E-state index contributed by atoms with van der Waals surface area (Å²) in [5.41, 5.74) is 2.24. The Bertz CT molecular complexity index is 1210. The van der Waals surface area contributed by atoms with E-state index in [9.17, 15) is 0 Å². The molecule has 3 heteroatoms. The van der Waals surface area contributed by atoms with Crippen LogP contribution in [-0.2, 0) is 0 Å². The van der Waals surface area contributed by atoms with Gasteiger partial charge in [0.05, 0.1) is 10.2 Å². The molecule has 0 N–H and O–H groups in total. The first-order chi connectivity index (χ1) is 11.8. The van der Waals surface area contributed by atoms with E-state index >= 15 is 0 Å². The molecule has 5 aromatic rings. The molecule has 24 heavy (non-hydrogen) atoms. The molecule has 0 unspecified atom stereocenters. The number of hydrogen-bond donors (Lipinski definition) is 0. The molecular formula is C21H12BrNS. The van der Waals surface area contributed by atoms with Gasteiger partial charge in [0.2, 0.25) is 0 Å². The first kappa shape index (κ1) is 14.1. The van der Waals surface area contributed by atoms with Crippen molar-refractivity contribution in [3.63, 3.8) is 0 Å². The van der Waals surface area contributed by atoms with E-state index < -0.39 is 0 Å². The van der Waals surface area contributed by atoms with Crippen molar-refractivity contribution < 1.29 is 0 Å². The molecule has 4 aromatic carbocycles. The van der Waals surface area contributed by atoms with Crippen molar-refractivity contribution in [1.82, 2.24) is 4.98 Å². The number of fused-ring (bicyclic) bond motifs is 5. The van der Waals surface area contributed by atoms with E-state index in [-0.39, 0.29) is 0 Å². The molecule has 0 amide bonds. The zero-order chi connectivity index (χ0) is 16.1. The van der Waals surface area contributed by atoms with Gasteiger partial charge in [0.25, 0.3) is 0 Å². The average Bonchev–Trinajstić information content (AvgIpc) is 3.08. The maximum Gasteiger partial charge on any atom is 0.124 e. The van der Waals surface area contributed by atoms with E-state index in [0.717, 1.165) is 15.0 Å². The number of hydrogen-bond acceptors (Lipinski definition) is 2. The molecular weight excluding hydrogens is 378 g/mol. The molecule has 0 aliphatic rings. The molecule has 0 radical (unpaired) electrons. The Kier molecular flexibility index (Phi) is 3.18. The molecule has 0 saturated carbocycles. The lowest BCUT2D eigenvalue weighted by Crippen LogP contribution is -1.80. The molecule has 0 aliphatic carbocycles. The Balaban J connectivity index is 1.89. The fourth-order valence-electron chi connectivity index (χ4n) is 3.23. The summed E-state index contributed by atoms with van der Waals surface area (Å²) < 4.78 is 2.38. The normalized spacial score (nSPS) is 11.5. The monoisotopic (exact) mass is 389 g/mol. The van der Waals surface area contributed by atoms with E-state index in [4.69, 9.17) is 4.98 Å². The number of aromatic nitrogens is 1. The Labute approximate surface area is 151 Å². The van der Waals surface area contributed by atoms with E-state index in [1.54, 1.807) is 11.3 Å². The Morgan fingerprint density at radius 2 is 1.42 bits per heavy atom. The number of rotatable bonds is 1. The lowest BCUT2D eigenvalue weighted by atomic mass is 10.0. The number of halogens is 1. The average molecular weight is 390 g/mol. The third-order valence-electron chi connectivity index (χ3n) is 4.36. The van der Waals surface area contributed by atoms with Crippen LogP contribution in [-0.4, -0.2) is 4.98 Å². The van der Waals surface area contributed by atoms with Crippen molar-refractivity contribution in [1.29, 1.82) is 0 Å². The SMILES string of the molecule is Brc1cc2c(ccc3nc(-c4ccccc4)sc32)c2ccccc12. The van der Waals surface area contributed by atoms with Crippen LogP contribution < -0.4 is 0 Å². The first-order valence-corrected chi connectivity index (χ1v) is 9.38. The summed E-state index contributed by atoms with van der Waals surface area (Å²) in [6, 6.07) is 25.5. The third-order valence-corrected chi connectivity index (χ3v) is 6.17. The summed E-state index contributed by atoms with van der Waals surface area (Å²) in [5, 5.41) is 6.14. The van der Waals surface area contributed by atoms with E-state index in [1.807, 2.05) is 6.07 Å². The highest BCUT2D eigenvalue weighted by Crippen LogP contribution is 2.39.